The number of aryl methyl sites for hydroxylation is 1. The van der Waals surface area contributed by atoms with Crippen LogP contribution < -0.4 is 5.73 Å². The van der Waals surface area contributed by atoms with Crippen LogP contribution in [0.2, 0.25) is 0 Å². The van der Waals surface area contributed by atoms with Crippen LogP contribution in [0.5, 0.6) is 0 Å². The second-order valence-electron chi connectivity index (χ2n) is 4.61. The standard InChI is InChI=1S/C15H22N2O3/c1-4-8-17(10-14(18)20-5-2)15(19)13-9-12(16)7-6-11(13)3/h6-7,9H,4-5,8,10,16H2,1-3H3. The first-order valence-corrected chi connectivity index (χ1v) is 6.80. The third-order valence-electron chi connectivity index (χ3n) is 2.90. The summed E-state index contributed by atoms with van der Waals surface area (Å²) in [6.07, 6.45) is 0.770. The highest BCUT2D eigenvalue weighted by molar-refractivity contribution is 5.98. The highest BCUT2D eigenvalue weighted by Crippen LogP contribution is 2.15. The molecule has 0 atom stereocenters. The molecule has 0 aliphatic carbocycles. The van der Waals surface area contributed by atoms with Crippen LogP contribution in [0.3, 0.4) is 0 Å². The molecular formula is C15H22N2O3. The van der Waals surface area contributed by atoms with Gasteiger partial charge in [-0.2, -0.15) is 0 Å². The zero-order valence-corrected chi connectivity index (χ0v) is 12.3. The number of nitrogens with two attached hydrogens (primary N) is 1. The molecule has 0 unspecified atom stereocenters. The monoisotopic (exact) mass is 278 g/mol. The van der Waals surface area contributed by atoms with Crippen LogP contribution in [0.4, 0.5) is 5.69 Å². The first-order valence-electron chi connectivity index (χ1n) is 6.80. The van der Waals surface area contributed by atoms with Gasteiger partial charge < -0.3 is 15.4 Å². The maximum atomic E-state index is 12.5. The minimum Gasteiger partial charge on any atom is -0.465 e. The van der Waals surface area contributed by atoms with E-state index >= 15 is 0 Å². The summed E-state index contributed by atoms with van der Waals surface area (Å²) in [6, 6.07) is 5.20. The number of nitrogens with zero attached hydrogens (tertiary/aromatic N) is 1. The number of ether oxygens (including phenoxy) is 1. The van der Waals surface area contributed by atoms with Crippen LogP contribution in [0.25, 0.3) is 0 Å². The quantitative estimate of drug-likeness (QED) is 0.638. The van der Waals surface area contributed by atoms with E-state index in [0.29, 0.717) is 24.4 Å². The SMILES string of the molecule is CCCN(CC(=O)OCC)C(=O)c1cc(N)ccc1C. The van der Waals surface area contributed by atoms with Gasteiger partial charge in [-0.15, -0.1) is 0 Å². The Balaban J connectivity index is 2.93. The van der Waals surface area contributed by atoms with Crippen LogP contribution >= 0.6 is 0 Å². The summed E-state index contributed by atoms with van der Waals surface area (Å²) in [5.41, 5.74) is 7.63. The summed E-state index contributed by atoms with van der Waals surface area (Å²) in [5, 5.41) is 0. The van der Waals surface area contributed by atoms with Gasteiger partial charge in [0.1, 0.15) is 6.54 Å². The number of carbonyl (C=O) groups excluding carboxylic acids is 2. The lowest BCUT2D eigenvalue weighted by Gasteiger charge is -2.22. The van der Waals surface area contributed by atoms with Crippen molar-refractivity contribution < 1.29 is 14.3 Å². The molecule has 0 saturated carbocycles. The Labute approximate surface area is 119 Å². The molecule has 0 heterocycles. The Hall–Kier alpha value is -2.04. The first-order chi connectivity index (χ1) is 9.49. The molecule has 20 heavy (non-hydrogen) atoms. The molecule has 0 bridgehead atoms. The van der Waals surface area contributed by atoms with Crippen molar-refractivity contribution in [3.8, 4) is 0 Å². The number of hydrogen-bond acceptors (Lipinski definition) is 4. The number of esters is 1. The number of benzene rings is 1. The second-order valence-corrected chi connectivity index (χ2v) is 4.61. The average molecular weight is 278 g/mol. The predicted molar refractivity (Wildman–Crippen MR) is 78.4 cm³/mol. The largest absolute Gasteiger partial charge is 0.465 e. The van der Waals surface area contributed by atoms with Crippen molar-refractivity contribution >= 4 is 17.6 Å². The van der Waals surface area contributed by atoms with Crippen molar-refractivity contribution in [3.05, 3.63) is 29.3 Å². The number of hydrogen-bond donors (Lipinski definition) is 1. The zero-order valence-electron chi connectivity index (χ0n) is 12.3. The average Bonchev–Trinajstić information content (AvgIpc) is 2.40. The molecule has 2 N–H and O–H groups in total. The number of anilines is 1. The molecule has 1 rings (SSSR count). The molecule has 0 fully saturated rings. The topological polar surface area (TPSA) is 72.6 Å². The third-order valence-corrected chi connectivity index (χ3v) is 2.90. The molecular weight excluding hydrogens is 256 g/mol. The molecule has 1 amide bonds. The molecule has 0 aliphatic rings. The fourth-order valence-electron chi connectivity index (χ4n) is 1.93. The van der Waals surface area contributed by atoms with E-state index in [9.17, 15) is 9.59 Å². The lowest BCUT2D eigenvalue weighted by molar-refractivity contribution is -0.143. The molecule has 0 aromatic heterocycles. The molecule has 0 aliphatic heterocycles. The lowest BCUT2D eigenvalue weighted by atomic mass is 10.1. The van der Waals surface area contributed by atoms with Gasteiger partial charge in [0.15, 0.2) is 0 Å². The number of nitrogen functional groups attached to an aromatic ring is 1. The van der Waals surface area contributed by atoms with Crippen molar-refractivity contribution in [2.75, 3.05) is 25.4 Å². The lowest BCUT2D eigenvalue weighted by Crippen LogP contribution is -2.37. The van der Waals surface area contributed by atoms with E-state index in [-0.39, 0.29) is 12.5 Å². The normalized spacial score (nSPS) is 10.2. The predicted octanol–water partition coefficient (Wildman–Crippen LogP) is 1.99. The number of rotatable bonds is 6. The van der Waals surface area contributed by atoms with E-state index < -0.39 is 5.97 Å². The van der Waals surface area contributed by atoms with E-state index in [1.165, 1.54) is 4.90 Å². The summed E-state index contributed by atoms with van der Waals surface area (Å²) in [5.74, 6) is -0.583. The second kappa shape index (κ2) is 7.53. The van der Waals surface area contributed by atoms with E-state index in [1.54, 1.807) is 25.1 Å². The van der Waals surface area contributed by atoms with Gasteiger partial charge in [0, 0.05) is 17.8 Å². The maximum absolute atomic E-state index is 12.5. The summed E-state index contributed by atoms with van der Waals surface area (Å²) >= 11 is 0. The molecule has 5 nitrogen and oxygen atoms in total. The van der Waals surface area contributed by atoms with Gasteiger partial charge in [-0.3, -0.25) is 9.59 Å². The van der Waals surface area contributed by atoms with E-state index in [0.717, 1.165) is 12.0 Å². The molecule has 1 aromatic carbocycles. The third kappa shape index (κ3) is 4.26. The molecule has 5 heteroatoms. The zero-order chi connectivity index (χ0) is 15.1. The van der Waals surface area contributed by atoms with Crippen LogP contribution in [0.15, 0.2) is 18.2 Å². The first kappa shape index (κ1) is 16.0. The summed E-state index contributed by atoms with van der Waals surface area (Å²) in [4.78, 5) is 25.6. The summed E-state index contributed by atoms with van der Waals surface area (Å²) in [6.45, 7) is 6.33. The van der Waals surface area contributed by atoms with Crippen molar-refractivity contribution in [2.45, 2.75) is 27.2 Å². The Morgan fingerprint density at radius 2 is 2.00 bits per heavy atom. The van der Waals surface area contributed by atoms with Gasteiger partial charge in [0.2, 0.25) is 0 Å². The van der Waals surface area contributed by atoms with Gasteiger partial charge in [-0.05, 0) is 38.0 Å². The van der Waals surface area contributed by atoms with Crippen LogP contribution in [0.1, 0.15) is 36.2 Å². The molecule has 0 spiro atoms. The van der Waals surface area contributed by atoms with E-state index in [1.807, 2.05) is 13.8 Å². The van der Waals surface area contributed by atoms with Gasteiger partial charge >= 0.3 is 5.97 Å². The number of carbonyl (C=O) groups is 2. The van der Waals surface area contributed by atoms with Crippen molar-refractivity contribution in [1.29, 1.82) is 0 Å². The van der Waals surface area contributed by atoms with Gasteiger partial charge in [0.25, 0.3) is 5.91 Å². The van der Waals surface area contributed by atoms with E-state index in [2.05, 4.69) is 0 Å². The van der Waals surface area contributed by atoms with Crippen molar-refractivity contribution in [3.63, 3.8) is 0 Å². The highest BCUT2D eigenvalue weighted by Gasteiger charge is 2.20. The van der Waals surface area contributed by atoms with Crippen molar-refractivity contribution in [1.82, 2.24) is 4.90 Å². The van der Waals surface area contributed by atoms with Gasteiger partial charge in [0.05, 0.1) is 6.61 Å². The molecule has 0 radical (unpaired) electrons. The van der Waals surface area contributed by atoms with Gasteiger partial charge in [-0.25, -0.2) is 0 Å². The summed E-state index contributed by atoms with van der Waals surface area (Å²) < 4.78 is 4.90. The maximum Gasteiger partial charge on any atom is 0.325 e. The molecule has 0 saturated heterocycles. The smallest absolute Gasteiger partial charge is 0.325 e. The van der Waals surface area contributed by atoms with Crippen LogP contribution in [-0.4, -0.2) is 36.5 Å². The summed E-state index contributed by atoms with van der Waals surface area (Å²) in [7, 11) is 0. The molecule has 110 valence electrons. The Morgan fingerprint density at radius 3 is 2.60 bits per heavy atom. The minimum absolute atomic E-state index is 0.0330. The Bertz CT molecular complexity index is 486. The van der Waals surface area contributed by atoms with Crippen molar-refractivity contribution in [2.24, 2.45) is 0 Å². The number of amides is 1. The minimum atomic E-state index is -0.393. The van der Waals surface area contributed by atoms with Crippen LogP contribution in [-0.2, 0) is 9.53 Å². The van der Waals surface area contributed by atoms with Crippen LogP contribution in [0, 0.1) is 6.92 Å². The van der Waals surface area contributed by atoms with E-state index in [4.69, 9.17) is 10.5 Å². The fourth-order valence-corrected chi connectivity index (χ4v) is 1.93. The molecule has 1 aromatic rings. The highest BCUT2D eigenvalue weighted by atomic mass is 16.5. The fraction of sp³-hybridized carbons (Fsp3) is 0.467. The Kier molecular flexibility index (Phi) is 6.03. The van der Waals surface area contributed by atoms with Gasteiger partial charge in [-0.1, -0.05) is 13.0 Å². The Morgan fingerprint density at radius 1 is 1.30 bits per heavy atom.